The molecule has 0 unspecified atom stereocenters. The van der Waals surface area contributed by atoms with Crippen molar-refractivity contribution in [3.63, 3.8) is 0 Å². The van der Waals surface area contributed by atoms with Crippen LogP contribution in [0.3, 0.4) is 0 Å². The molecule has 0 spiro atoms. The molecule has 0 radical (unpaired) electrons. The number of phenolic OH excluding ortho intramolecular Hbond substituents is 1. The lowest BCUT2D eigenvalue weighted by atomic mass is 10.1. The van der Waals surface area contributed by atoms with Crippen LogP contribution in [0.25, 0.3) is 6.08 Å². The Morgan fingerprint density at radius 3 is 2.53 bits per heavy atom. The zero-order valence-corrected chi connectivity index (χ0v) is 22.0. The fraction of sp³-hybridized carbons (Fsp3) is 0.0690. The lowest BCUT2D eigenvalue weighted by Gasteiger charge is -2.13. The molecule has 4 rings (SSSR count). The normalized spacial score (nSPS) is 11.0. The third-order valence-corrected chi connectivity index (χ3v) is 7.21. The second kappa shape index (κ2) is 12.8. The van der Waals surface area contributed by atoms with Crippen LogP contribution in [0.2, 0.25) is 0 Å². The SMILES string of the molecule is COc1cc(O)ccc1/C=C(\NC(=O)c1ccccc1)C(=O)Nc1cccc(SCC(=O)c2cccs2)c1. The van der Waals surface area contributed by atoms with Crippen LogP contribution in [0.15, 0.2) is 101 Å². The van der Waals surface area contributed by atoms with Crippen molar-refractivity contribution in [1.82, 2.24) is 5.32 Å². The molecule has 3 N–H and O–H groups in total. The van der Waals surface area contributed by atoms with Gasteiger partial charge >= 0.3 is 0 Å². The third-order valence-electron chi connectivity index (χ3n) is 5.30. The van der Waals surface area contributed by atoms with E-state index >= 15 is 0 Å². The number of hydrogen-bond acceptors (Lipinski definition) is 7. The van der Waals surface area contributed by atoms with Crippen molar-refractivity contribution in [2.45, 2.75) is 4.90 Å². The molecular formula is C29H24N2O5S2. The molecule has 192 valence electrons. The van der Waals surface area contributed by atoms with E-state index in [9.17, 15) is 19.5 Å². The first-order valence-electron chi connectivity index (χ1n) is 11.5. The minimum Gasteiger partial charge on any atom is -0.508 e. The van der Waals surface area contributed by atoms with Gasteiger partial charge in [-0.1, -0.05) is 30.3 Å². The third kappa shape index (κ3) is 7.12. The zero-order valence-electron chi connectivity index (χ0n) is 20.3. The smallest absolute Gasteiger partial charge is 0.272 e. The predicted molar refractivity (Wildman–Crippen MR) is 151 cm³/mol. The number of thiophene rings is 1. The van der Waals surface area contributed by atoms with Gasteiger partial charge in [-0.25, -0.2) is 0 Å². The van der Waals surface area contributed by atoms with Crippen LogP contribution >= 0.6 is 23.1 Å². The number of benzene rings is 3. The van der Waals surface area contributed by atoms with Crippen LogP contribution in [-0.4, -0.2) is 35.6 Å². The van der Waals surface area contributed by atoms with Gasteiger partial charge in [-0.15, -0.1) is 23.1 Å². The Morgan fingerprint density at radius 2 is 1.79 bits per heavy atom. The highest BCUT2D eigenvalue weighted by Gasteiger charge is 2.17. The molecule has 0 aliphatic carbocycles. The number of aromatic hydroxyl groups is 1. The highest BCUT2D eigenvalue weighted by Crippen LogP contribution is 2.27. The summed E-state index contributed by atoms with van der Waals surface area (Å²) in [6, 6.07) is 23.8. The zero-order chi connectivity index (χ0) is 26.9. The molecule has 7 nitrogen and oxygen atoms in total. The Labute approximate surface area is 228 Å². The lowest BCUT2D eigenvalue weighted by molar-refractivity contribution is -0.113. The number of anilines is 1. The summed E-state index contributed by atoms with van der Waals surface area (Å²) in [5, 5.41) is 17.1. The Balaban J connectivity index is 1.55. The first-order valence-corrected chi connectivity index (χ1v) is 13.4. The lowest BCUT2D eigenvalue weighted by Crippen LogP contribution is -2.30. The molecule has 0 bridgehead atoms. The molecule has 0 fully saturated rings. The Morgan fingerprint density at radius 1 is 0.974 bits per heavy atom. The second-order valence-electron chi connectivity index (χ2n) is 7.98. The van der Waals surface area contributed by atoms with Gasteiger partial charge in [-0.2, -0.15) is 0 Å². The van der Waals surface area contributed by atoms with Gasteiger partial charge in [-0.05, 0) is 60.0 Å². The molecule has 2 amide bonds. The first-order chi connectivity index (χ1) is 18.4. The van der Waals surface area contributed by atoms with Crippen LogP contribution < -0.4 is 15.4 Å². The maximum atomic E-state index is 13.3. The second-order valence-corrected chi connectivity index (χ2v) is 9.97. The van der Waals surface area contributed by atoms with Gasteiger partial charge < -0.3 is 20.5 Å². The first kappa shape index (κ1) is 26.7. The van der Waals surface area contributed by atoms with E-state index in [4.69, 9.17) is 4.74 Å². The number of thioether (sulfide) groups is 1. The number of carbonyl (C=O) groups is 3. The fourth-order valence-corrected chi connectivity index (χ4v) is 5.03. The van der Waals surface area contributed by atoms with E-state index < -0.39 is 11.8 Å². The van der Waals surface area contributed by atoms with Gasteiger partial charge in [0.15, 0.2) is 5.78 Å². The largest absolute Gasteiger partial charge is 0.508 e. The Hall–Kier alpha value is -4.34. The number of ketones is 1. The summed E-state index contributed by atoms with van der Waals surface area (Å²) in [6.07, 6.45) is 1.48. The van der Waals surface area contributed by atoms with Gasteiger partial charge in [0.25, 0.3) is 11.8 Å². The number of methoxy groups -OCH3 is 1. The molecule has 38 heavy (non-hydrogen) atoms. The molecule has 0 saturated carbocycles. The van der Waals surface area contributed by atoms with Gasteiger partial charge in [0.1, 0.15) is 17.2 Å². The molecule has 9 heteroatoms. The van der Waals surface area contributed by atoms with Crippen molar-refractivity contribution < 1.29 is 24.2 Å². The van der Waals surface area contributed by atoms with Crippen molar-refractivity contribution in [1.29, 1.82) is 0 Å². The topological polar surface area (TPSA) is 105 Å². The monoisotopic (exact) mass is 544 g/mol. The van der Waals surface area contributed by atoms with E-state index in [2.05, 4.69) is 10.6 Å². The van der Waals surface area contributed by atoms with E-state index in [1.165, 1.54) is 48.4 Å². The van der Waals surface area contributed by atoms with Gasteiger partial charge in [0.2, 0.25) is 0 Å². The van der Waals surface area contributed by atoms with Crippen molar-refractivity contribution in [2.24, 2.45) is 0 Å². The summed E-state index contributed by atoms with van der Waals surface area (Å²) in [6.45, 7) is 0. The summed E-state index contributed by atoms with van der Waals surface area (Å²) in [4.78, 5) is 40.1. The van der Waals surface area contributed by atoms with Crippen LogP contribution in [0.4, 0.5) is 5.69 Å². The van der Waals surface area contributed by atoms with Crippen LogP contribution in [-0.2, 0) is 4.79 Å². The Kier molecular flexibility index (Phi) is 8.97. The number of Topliss-reactive ketones (excluding diaryl/α,β-unsaturated/α-hetero) is 1. The van der Waals surface area contributed by atoms with E-state index in [1.54, 1.807) is 60.7 Å². The van der Waals surface area contributed by atoms with Crippen molar-refractivity contribution >= 4 is 52.5 Å². The summed E-state index contributed by atoms with van der Waals surface area (Å²) >= 11 is 2.78. The highest BCUT2D eigenvalue weighted by atomic mass is 32.2. The molecule has 4 aromatic rings. The number of rotatable bonds is 10. The van der Waals surface area contributed by atoms with Crippen LogP contribution in [0.5, 0.6) is 11.5 Å². The molecule has 0 aliphatic heterocycles. The maximum Gasteiger partial charge on any atom is 0.272 e. The number of carbonyl (C=O) groups excluding carboxylic acids is 3. The molecule has 1 heterocycles. The predicted octanol–water partition coefficient (Wildman–Crippen LogP) is 5.85. The maximum absolute atomic E-state index is 13.3. The summed E-state index contributed by atoms with van der Waals surface area (Å²) in [7, 11) is 1.45. The minimum atomic E-state index is -0.554. The quantitative estimate of drug-likeness (QED) is 0.132. The summed E-state index contributed by atoms with van der Waals surface area (Å²) in [5.41, 5.74) is 1.35. The average Bonchev–Trinajstić information content (AvgIpc) is 3.48. The number of hydrogen-bond donors (Lipinski definition) is 3. The summed E-state index contributed by atoms with van der Waals surface area (Å²) < 4.78 is 5.32. The summed E-state index contributed by atoms with van der Waals surface area (Å²) in [5.74, 6) is -0.363. The number of amides is 2. The highest BCUT2D eigenvalue weighted by molar-refractivity contribution is 8.00. The van der Waals surface area contributed by atoms with Crippen LogP contribution in [0.1, 0.15) is 25.6 Å². The number of phenols is 1. The van der Waals surface area contributed by atoms with Gasteiger partial charge in [0, 0.05) is 27.8 Å². The van der Waals surface area contributed by atoms with Gasteiger partial charge in [-0.3, -0.25) is 14.4 Å². The number of ether oxygens (including phenoxy) is 1. The van der Waals surface area contributed by atoms with E-state index in [0.717, 1.165) is 4.90 Å². The fourth-order valence-electron chi connectivity index (χ4n) is 3.44. The van der Waals surface area contributed by atoms with Crippen molar-refractivity contribution in [3.8, 4) is 11.5 Å². The van der Waals surface area contributed by atoms with Crippen LogP contribution in [0, 0.1) is 0 Å². The molecule has 0 atom stereocenters. The molecular weight excluding hydrogens is 520 g/mol. The molecule has 3 aromatic carbocycles. The molecule has 1 aromatic heterocycles. The average molecular weight is 545 g/mol. The van der Waals surface area contributed by atoms with E-state index in [-0.39, 0.29) is 23.0 Å². The molecule has 0 saturated heterocycles. The van der Waals surface area contributed by atoms with E-state index in [0.29, 0.717) is 27.4 Å². The number of nitrogens with one attached hydrogen (secondary N) is 2. The van der Waals surface area contributed by atoms with Crippen molar-refractivity contribution in [3.05, 3.63) is 112 Å². The molecule has 0 aliphatic rings. The van der Waals surface area contributed by atoms with Crippen molar-refractivity contribution in [2.75, 3.05) is 18.2 Å². The van der Waals surface area contributed by atoms with Gasteiger partial charge in [0.05, 0.1) is 17.7 Å². The van der Waals surface area contributed by atoms with E-state index in [1.807, 2.05) is 17.5 Å². The Bertz CT molecular complexity index is 1470. The minimum absolute atomic E-state index is 0.00481. The standard InChI is InChI=1S/C29H24N2O5S2/c1-36-26-17-22(32)13-12-20(26)15-24(31-28(34)19-7-3-2-4-8-19)29(35)30-21-9-5-10-23(16-21)38-18-25(33)27-11-6-14-37-27/h2-17,32H,18H2,1H3,(H,30,35)(H,31,34)/b24-15-.